The quantitative estimate of drug-likeness (QED) is 0.545. The number of halogens is 1. The number of sulfonamides is 1. The summed E-state index contributed by atoms with van der Waals surface area (Å²) in [6.45, 7) is 3.93. The van der Waals surface area contributed by atoms with Crippen LogP contribution >= 0.6 is 11.6 Å². The van der Waals surface area contributed by atoms with E-state index in [9.17, 15) is 18.0 Å². The third-order valence-electron chi connectivity index (χ3n) is 4.45. The summed E-state index contributed by atoms with van der Waals surface area (Å²) in [5, 5.41) is 0.504. The number of hydrogen-bond donors (Lipinski definition) is 0. The molecule has 0 fully saturated rings. The van der Waals surface area contributed by atoms with Gasteiger partial charge in [-0.05, 0) is 36.4 Å². The van der Waals surface area contributed by atoms with Gasteiger partial charge >= 0.3 is 5.76 Å². The molecule has 1 heterocycles. The van der Waals surface area contributed by atoms with Gasteiger partial charge in [0.05, 0.1) is 17.0 Å². The molecule has 0 saturated carbocycles. The second-order valence-electron chi connectivity index (χ2n) is 6.10. The van der Waals surface area contributed by atoms with Crippen molar-refractivity contribution in [3.63, 3.8) is 0 Å². The van der Waals surface area contributed by atoms with Crippen molar-refractivity contribution in [2.75, 3.05) is 13.1 Å². The van der Waals surface area contributed by atoms with Crippen molar-refractivity contribution in [2.45, 2.75) is 25.3 Å². The number of rotatable bonds is 7. The van der Waals surface area contributed by atoms with E-state index in [4.69, 9.17) is 16.0 Å². The number of aromatic nitrogens is 1. The Morgan fingerprint density at radius 1 is 1.11 bits per heavy atom. The van der Waals surface area contributed by atoms with E-state index in [0.29, 0.717) is 29.2 Å². The van der Waals surface area contributed by atoms with Crippen LogP contribution in [0.5, 0.6) is 0 Å². The first-order chi connectivity index (χ1) is 13.3. The SMILES string of the molecule is CCN(CC)S(=O)(=O)c1ccc2c(c1)oc(=O)n2CC(=O)c1ccc(Cl)cc1. The lowest BCUT2D eigenvalue weighted by Gasteiger charge is -2.18. The molecule has 148 valence electrons. The van der Waals surface area contributed by atoms with E-state index in [1.807, 2.05) is 0 Å². The number of oxazole rings is 1. The fourth-order valence-corrected chi connectivity index (χ4v) is 4.54. The molecule has 0 aliphatic heterocycles. The van der Waals surface area contributed by atoms with Gasteiger partial charge in [0.2, 0.25) is 10.0 Å². The van der Waals surface area contributed by atoms with Crippen LogP contribution in [0.1, 0.15) is 24.2 Å². The number of nitrogens with zero attached hydrogens (tertiary/aromatic N) is 2. The van der Waals surface area contributed by atoms with Gasteiger partial charge in [0.25, 0.3) is 0 Å². The van der Waals surface area contributed by atoms with Crippen molar-refractivity contribution in [1.82, 2.24) is 8.87 Å². The molecule has 2 aromatic carbocycles. The number of Topliss-reactive ketones (excluding diaryl/α,β-unsaturated/α-hetero) is 1. The molecule has 0 aliphatic carbocycles. The van der Waals surface area contributed by atoms with E-state index in [-0.39, 0.29) is 22.8 Å². The Hall–Kier alpha value is -2.42. The molecule has 0 radical (unpaired) electrons. The predicted octanol–water partition coefficient (Wildman–Crippen LogP) is 3.16. The van der Waals surface area contributed by atoms with Gasteiger partial charge in [0.15, 0.2) is 11.4 Å². The van der Waals surface area contributed by atoms with E-state index < -0.39 is 15.8 Å². The molecule has 0 atom stereocenters. The number of fused-ring (bicyclic) bond motifs is 1. The minimum Gasteiger partial charge on any atom is -0.408 e. The summed E-state index contributed by atoms with van der Waals surface area (Å²) in [5.41, 5.74) is 0.874. The van der Waals surface area contributed by atoms with Gasteiger partial charge in [0, 0.05) is 29.7 Å². The summed E-state index contributed by atoms with van der Waals surface area (Å²) in [7, 11) is -3.68. The smallest absolute Gasteiger partial charge is 0.408 e. The first kappa shape index (κ1) is 20.3. The Morgan fingerprint density at radius 3 is 2.36 bits per heavy atom. The Kier molecular flexibility index (Phi) is 5.74. The highest BCUT2D eigenvalue weighted by molar-refractivity contribution is 7.89. The predicted molar refractivity (Wildman–Crippen MR) is 106 cm³/mol. The van der Waals surface area contributed by atoms with Gasteiger partial charge in [-0.15, -0.1) is 0 Å². The molecule has 1 aromatic heterocycles. The first-order valence-corrected chi connectivity index (χ1v) is 10.5. The third-order valence-corrected chi connectivity index (χ3v) is 6.75. The van der Waals surface area contributed by atoms with Crippen LogP contribution in [0.2, 0.25) is 5.02 Å². The van der Waals surface area contributed by atoms with Crippen LogP contribution in [0.15, 0.2) is 56.6 Å². The highest BCUT2D eigenvalue weighted by Crippen LogP contribution is 2.22. The summed E-state index contributed by atoms with van der Waals surface area (Å²) >= 11 is 5.82. The zero-order valence-corrected chi connectivity index (χ0v) is 17.0. The maximum atomic E-state index is 12.7. The molecule has 0 N–H and O–H groups in total. The van der Waals surface area contributed by atoms with Gasteiger partial charge in [0.1, 0.15) is 0 Å². The number of carbonyl (C=O) groups is 1. The van der Waals surface area contributed by atoms with Crippen LogP contribution in [0.25, 0.3) is 11.1 Å². The van der Waals surface area contributed by atoms with Gasteiger partial charge < -0.3 is 4.42 Å². The molecule has 3 aromatic rings. The molecule has 3 rings (SSSR count). The number of hydrogen-bond acceptors (Lipinski definition) is 5. The lowest BCUT2D eigenvalue weighted by Crippen LogP contribution is -2.30. The Morgan fingerprint density at radius 2 is 1.75 bits per heavy atom. The van der Waals surface area contributed by atoms with Crippen LogP contribution in [0.3, 0.4) is 0 Å². The largest absolute Gasteiger partial charge is 0.420 e. The molecule has 7 nitrogen and oxygen atoms in total. The topological polar surface area (TPSA) is 89.6 Å². The molecule has 0 spiro atoms. The summed E-state index contributed by atoms with van der Waals surface area (Å²) in [4.78, 5) is 24.7. The van der Waals surface area contributed by atoms with Crippen LogP contribution in [-0.2, 0) is 16.6 Å². The van der Waals surface area contributed by atoms with Crippen LogP contribution in [0, 0.1) is 0 Å². The van der Waals surface area contributed by atoms with Crippen LogP contribution in [0.4, 0.5) is 0 Å². The summed E-state index contributed by atoms with van der Waals surface area (Å²) in [6, 6.07) is 10.5. The number of carbonyl (C=O) groups excluding carboxylic acids is 1. The van der Waals surface area contributed by atoms with Gasteiger partial charge in [-0.3, -0.25) is 9.36 Å². The highest BCUT2D eigenvalue weighted by atomic mass is 35.5. The normalized spacial score (nSPS) is 12.0. The minimum absolute atomic E-state index is 0.0358. The van der Waals surface area contributed by atoms with Gasteiger partial charge in [-0.1, -0.05) is 25.4 Å². The molecule has 0 saturated heterocycles. The zero-order valence-electron chi connectivity index (χ0n) is 15.4. The molecule has 28 heavy (non-hydrogen) atoms. The first-order valence-electron chi connectivity index (χ1n) is 8.70. The van der Waals surface area contributed by atoms with E-state index in [1.54, 1.807) is 38.1 Å². The molecular weight excluding hydrogens is 404 g/mol. The van der Waals surface area contributed by atoms with Crippen molar-refractivity contribution < 1.29 is 17.6 Å². The maximum Gasteiger partial charge on any atom is 0.420 e. The zero-order chi connectivity index (χ0) is 20.5. The second-order valence-corrected chi connectivity index (χ2v) is 8.48. The fraction of sp³-hybridized carbons (Fsp3) is 0.263. The maximum absolute atomic E-state index is 12.7. The van der Waals surface area contributed by atoms with Crippen molar-refractivity contribution in [3.05, 3.63) is 63.6 Å². The molecule has 9 heteroatoms. The Bertz CT molecular complexity index is 1180. The molecule has 0 bridgehead atoms. The standard InChI is InChI=1S/C19H19ClN2O5S/c1-3-21(4-2)28(25,26)15-9-10-16-18(11-15)27-19(24)22(16)12-17(23)13-5-7-14(20)8-6-13/h5-11H,3-4,12H2,1-2H3. The van der Waals surface area contributed by atoms with Crippen molar-refractivity contribution in [2.24, 2.45) is 0 Å². The number of benzene rings is 2. The summed E-state index contributed by atoms with van der Waals surface area (Å²) in [6.07, 6.45) is 0. The summed E-state index contributed by atoms with van der Waals surface area (Å²) in [5.74, 6) is -1.02. The van der Waals surface area contributed by atoms with E-state index in [2.05, 4.69) is 0 Å². The average Bonchev–Trinajstić information content (AvgIpc) is 2.97. The van der Waals surface area contributed by atoms with Crippen molar-refractivity contribution in [1.29, 1.82) is 0 Å². The monoisotopic (exact) mass is 422 g/mol. The third kappa shape index (κ3) is 3.76. The highest BCUT2D eigenvalue weighted by Gasteiger charge is 2.23. The van der Waals surface area contributed by atoms with E-state index in [0.717, 1.165) is 0 Å². The second kappa shape index (κ2) is 7.90. The fourth-order valence-electron chi connectivity index (χ4n) is 2.94. The van der Waals surface area contributed by atoms with Crippen LogP contribution in [-0.4, -0.2) is 36.2 Å². The van der Waals surface area contributed by atoms with Gasteiger partial charge in [-0.2, -0.15) is 4.31 Å². The lowest BCUT2D eigenvalue weighted by molar-refractivity contribution is 0.0970. The number of ketones is 1. The van der Waals surface area contributed by atoms with Crippen molar-refractivity contribution >= 4 is 38.5 Å². The molecular formula is C19H19ClN2O5S. The van der Waals surface area contributed by atoms with Gasteiger partial charge in [-0.25, -0.2) is 13.2 Å². The summed E-state index contributed by atoms with van der Waals surface area (Å²) < 4.78 is 33.0. The van der Waals surface area contributed by atoms with Crippen LogP contribution < -0.4 is 5.76 Å². The molecule has 0 aliphatic rings. The Labute approximate surface area is 167 Å². The minimum atomic E-state index is -3.68. The van der Waals surface area contributed by atoms with E-state index in [1.165, 1.54) is 27.1 Å². The Balaban J connectivity index is 1.98. The lowest BCUT2D eigenvalue weighted by atomic mass is 10.1. The molecule has 0 unspecified atom stereocenters. The van der Waals surface area contributed by atoms with E-state index >= 15 is 0 Å². The molecule has 0 amide bonds. The average molecular weight is 423 g/mol. The van der Waals surface area contributed by atoms with Crippen molar-refractivity contribution in [3.8, 4) is 0 Å².